The number of furan rings is 2. The molecule has 0 fully saturated rings. The number of fused-ring (bicyclic) bond motifs is 8. The van der Waals surface area contributed by atoms with E-state index in [0.717, 1.165) is 93.6 Å². The Morgan fingerprint density at radius 1 is 0.296 bits per heavy atom. The molecule has 0 N–H and O–H groups in total. The Hall–Kier alpha value is -7.37. The van der Waals surface area contributed by atoms with Gasteiger partial charge >= 0.3 is 0 Å². The first-order chi connectivity index (χ1) is 26.8. The maximum absolute atomic E-state index is 6.72. The smallest absolute Gasteiger partial charge is 0.164 e. The highest BCUT2D eigenvalue weighted by molar-refractivity contribution is 6.22. The molecule has 0 amide bonds. The van der Waals surface area contributed by atoms with Crippen LogP contribution in [0.2, 0.25) is 0 Å². The summed E-state index contributed by atoms with van der Waals surface area (Å²) in [6.45, 7) is 0. The molecule has 0 aliphatic carbocycles. The molecule has 3 heterocycles. The molecule has 0 saturated carbocycles. The molecule has 5 nitrogen and oxygen atoms in total. The van der Waals surface area contributed by atoms with E-state index in [1.165, 1.54) is 0 Å². The van der Waals surface area contributed by atoms with Crippen LogP contribution in [0, 0.1) is 0 Å². The van der Waals surface area contributed by atoms with Crippen molar-refractivity contribution in [3.05, 3.63) is 176 Å². The number of benzene rings is 8. The topological polar surface area (TPSA) is 65.0 Å². The Morgan fingerprint density at radius 3 is 1.67 bits per heavy atom. The Kier molecular flexibility index (Phi) is 6.79. The van der Waals surface area contributed by atoms with E-state index in [1.807, 2.05) is 54.6 Å². The molecule has 8 aromatic carbocycles. The molecular weight excluding hydrogens is 663 g/mol. The molecule has 252 valence electrons. The van der Waals surface area contributed by atoms with Crippen LogP contribution in [0.5, 0.6) is 0 Å². The van der Waals surface area contributed by atoms with Crippen molar-refractivity contribution in [1.82, 2.24) is 15.0 Å². The van der Waals surface area contributed by atoms with Crippen molar-refractivity contribution in [3.63, 3.8) is 0 Å². The van der Waals surface area contributed by atoms with Crippen LogP contribution < -0.4 is 0 Å². The predicted octanol–water partition coefficient (Wildman–Crippen LogP) is 13.2. The normalized spacial score (nSPS) is 11.7. The highest BCUT2D eigenvalue weighted by Crippen LogP contribution is 2.43. The molecule has 0 aliphatic heterocycles. The van der Waals surface area contributed by atoms with Crippen LogP contribution in [-0.4, -0.2) is 15.0 Å². The van der Waals surface area contributed by atoms with Gasteiger partial charge in [-0.1, -0.05) is 146 Å². The Bertz CT molecular complexity index is 3220. The molecule has 0 radical (unpaired) electrons. The SMILES string of the molecule is c1ccc(-c2ccccc2-c2nc(-c3ccc4c(c3)oc3ccccc34)nc(-c3cccc4oc5c6ccccc6c(-c6ccccc6)cc5c34)n2)cc1. The number of para-hydroxylation sites is 1. The van der Waals surface area contributed by atoms with Crippen molar-refractivity contribution in [2.75, 3.05) is 0 Å². The van der Waals surface area contributed by atoms with E-state index in [0.29, 0.717) is 17.5 Å². The summed E-state index contributed by atoms with van der Waals surface area (Å²) in [6, 6.07) is 60.3. The lowest BCUT2D eigenvalue weighted by Crippen LogP contribution is -2.01. The summed E-state index contributed by atoms with van der Waals surface area (Å²) in [6.07, 6.45) is 0. The maximum Gasteiger partial charge on any atom is 0.164 e. The first-order valence-corrected chi connectivity index (χ1v) is 18.0. The van der Waals surface area contributed by atoms with E-state index in [-0.39, 0.29) is 0 Å². The van der Waals surface area contributed by atoms with E-state index in [1.54, 1.807) is 0 Å². The van der Waals surface area contributed by atoms with Crippen molar-refractivity contribution in [2.45, 2.75) is 0 Å². The lowest BCUT2D eigenvalue weighted by molar-refractivity contribution is 0.669. The zero-order valence-corrected chi connectivity index (χ0v) is 28.9. The van der Waals surface area contributed by atoms with Gasteiger partial charge in [0, 0.05) is 43.6 Å². The zero-order valence-electron chi connectivity index (χ0n) is 28.9. The number of aromatic nitrogens is 3. The van der Waals surface area contributed by atoms with E-state index in [9.17, 15) is 0 Å². The second-order valence-electron chi connectivity index (χ2n) is 13.5. The Balaban J connectivity index is 1.19. The van der Waals surface area contributed by atoms with Gasteiger partial charge in [-0.05, 0) is 58.0 Å². The van der Waals surface area contributed by atoms with E-state index in [2.05, 4.69) is 121 Å². The summed E-state index contributed by atoms with van der Waals surface area (Å²) in [5, 5.41) is 6.30. The summed E-state index contributed by atoms with van der Waals surface area (Å²) in [7, 11) is 0. The zero-order chi connectivity index (χ0) is 35.6. The minimum atomic E-state index is 0.556. The molecule has 0 bridgehead atoms. The lowest BCUT2D eigenvalue weighted by Gasteiger charge is -2.12. The average Bonchev–Trinajstić information content (AvgIpc) is 3.82. The summed E-state index contributed by atoms with van der Waals surface area (Å²) in [5.41, 5.74) is 10.3. The van der Waals surface area contributed by atoms with Gasteiger partial charge in [0.25, 0.3) is 0 Å². The van der Waals surface area contributed by atoms with Gasteiger partial charge < -0.3 is 8.83 Å². The van der Waals surface area contributed by atoms with Crippen molar-refractivity contribution in [2.24, 2.45) is 0 Å². The molecule has 11 rings (SSSR count). The second-order valence-corrected chi connectivity index (χ2v) is 13.5. The van der Waals surface area contributed by atoms with Crippen LogP contribution in [-0.2, 0) is 0 Å². The van der Waals surface area contributed by atoms with Gasteiger partial charge in [-0.15, -0.1) is 0 Å². The highest BCUT2D eigenvalue weighted by Gasteiger charge is 2.22. The van der Waals surface area contributed by atoms with Crippen LogP contribution in [0.4, 0.5) is 0 Å². The molecule has 5 heteroatoms. The molecular formula is C49H29N3O2. The first kappa shape index (κ1) is 30.3. The van der Waals surface area contributed by atoms with Gasteiger partial charge in [0.2, 0.25) is 0 Å². The van der Waals surface area contributed by atoms with Gasteiger partial charge in [0.15, 0.2) is 17.5 Å². The van der Waals surface area contributed by atoms with Gasteiger partial charge in [-0.25, -0.2) is 15.0 Å². The predicted molar refractivity (Wildman–Crippen MR) is 219 cm³/mol. The number of hydrogen-bond acceptors (Lipinski definition) is 5. The molecule has 54 heavy (non-hydrogen) atoms. The monoisotopic (exact) mass is 691 g/mol. The third-order valence-corrected chi connectivity index (χ3v) is 10.4. The average molecular weight is 692 g/mol. The fourth-order valence-corrected chi connectivity index (χ4v) is 7.85. The molecule has 0 spiro atoms. The molecule has 0 unspecified atom stereocenters. The Labute approximate surface area is 309 Å². The Morgan fingerprint density at radius 2 is 0.870 bits per heavy atom. The number of rotatable bonds is 5. The van der Waals surface area contributed by atoms with Crippen LogP contribution >= 0.6 is 0 Å². The van der Waals surface area contributed by atoms with Gasteiger partial charge in [0.1, 0.15) is 22.3 Å². The fourth-order valence-electron chi connectivity index (χ4n) is 7.85. The lowest BCUT2D eigenvalue weighted by atomic mass is 9.94. The standard InChI is InChI=1S/C49H29N3O2/c1-3-14-30(15-4-1)33-18-7-10-22-38(33)48-50-47(32-26-27-36-35-20-11-12-24-42(35)53-44(36)28-32)51-49(52-48)39-23-13-25-43-45(39)41-29-40(31-16-5-2-6-17-31)34-19-8-9-21-37(34)46(41)54-43/h1-29H. The van der Waals surface area contributed by atoms with Gasteiger partial charge in [-0.2, -0.15) is 0 Å². The van der Waals surface area contributed by atoms with Crippen molar-refractivity contribution >= 4 is 54.6 Å². The molecule has 0 atom stereocenters. The van der Waals surface area contributed by atoms with Crippen LogP contribution in [0.15, 0.2) is 185 Å². The third kappa shape index (κ3) is 4.83. The number of nitrogens with zero attached hydrogens (tertiary/aromatic N) is 3. The van der Waals surface area contributed by atoms with Crippen LogP contribution in [0.25, 0.3) is 111 Å². The molecule has 0 saturated heterocycles. The second kappa shape index (κ2) is 12.1. The van der Waals surface area contributed by atoms with E-state index < -0.39 is 0 Å². The summed E-state index contributed by atoms with van der Waals surface area (Å²) in [5.74, 6) is 1.70. The third-order valence-electron chi connectivity index (χ3n) is 10.4. The summed E-state index contributed by atoms with van der Waals surface area (Å²) >= 11 is 0. The van der Waals surface area contributed by atoms with Crippen molar-refractivity contribution < 1.29 is 8.83 Å². The highest BCUT2D eigenvalue weighted by atomic mass is 16.3. The maximum atomic E-state index is 6.72. The molecule has 0 aliphatic rings. The fraction of sp³-hybridized carbons (Fsp3) is 0. The van der Waals surface area contributed by atoms with Crippen molar-refractivity contribution in [1.29, 1.82) is 0 Å². The largest absolute Gasteiger partial charge is 0.456 e. The van der Waals surface area contributed by atoms with Crippen LogP contribution in [0.3, 0.4) is 0 Å². The molecule has 3 aromatic heterocycles. The van der Waals surface area contributed by atoms with E-state index >= 15 is 0 Å². The van der Waals surface area contributed by atoms with Crippen molar-refractivity contribution in [3.8, 4) is 56.4 Å². The minimum Gasteiger partial charge on any atom is -0.456 e. The molecule has 11 aromatic rings. The number of hydrogen-bond donors (Lipinski definition) is 0. The minimum absolute atomic E-state index is 0.556. The van der Waals surface area contributed by atoms with Crippen LogP contribution in [0.1, 0.15) is 0 Å². The quantitative estimate of drug-likeness (QED) is 0.180. The van der Waals surface area contributed by atoms with Gasteiger partial charge in [0.05, 0.1) is 0 Å². The van der Waals surface area contributed by atoms with E-state index in [4.69, 9.17) is 23.8 Å². The van der Waals surface area contributed by atoms with Gasteiger partial charge in [-0.3, -0.25) is 0 Å². The summed E-state index contributed by atoms with van der Waals surface area (Å²) in [4.78, 5) is 15.7. The first-order valence-electron chi connectivity index (χ1n) is 18.0. The summed E-state index contributed by atoms with van der Waals surface area (Å²) < 4.78 is 13.0.